The van der Waals surface area contributed by atoms with Gasteiger partial charge in [0.15, 0.2) is 0 Å². The van der Waals surface area contributed by atoms with Crippen LogP contribution in [0, 0.1) is 5.82 Å². The number of rotatable bonds is 9. The zero-order chi connectivity index (χ0) is 25.6. The molecule has 0 aliphatic heterocycles. The highest BCUT2D eigenvalue weighted by molar-refractivity contribution is 5.92. The second-order valence-electron chi connectivity index (χ2n) is 9.39. The summed E-state index contributed by atoms with van der Waals surface area (Å²) in [6, 6.07) is 12.1. The van der Waals surface area contributed by atoms with E-state index in [1.54, 1.807) is 54.5 Å². The number of hydrogen-bond donors (Lipinski definition) is 4. The highest BCUT2D eigenvalue weighted by atomic mass is 19.1. The standard InChI is InChI=1S/C26H32FN5O3/c1-26(2,28)14-21(32(3)25(35)30-16-18-6-4-5-7-22(18)33)10-11-24(34)31-23-13-19-12-20(27)9-8-17(19)15-29-23/h4-9,12-13,15,21,33H,10-11,14,16,28H2,1-3H3,(H,30,35)(H,29,31,34). The first-order chi connectivity index (χ1) is 16.5. The predicted molar refractivity (Wildman–Crippen MR) is 134 cm³/mol. The maximum absolute atomic E-state index is 13.5. The van der Waals surface area contributed by atoms with Gasteiger partial charge in [-0.05, 0) is 62.4 Å². The first kappa shape index (κ1) is 25.9. The van der Waals surface area contributed by atoms with Crippen LogP contribution >= 0.6 is 0 Å². The van der Waals surface area contributed by atoms with Crippen LogP contribution in [0.1, 0.15) is 38.7 Å². The quantitative estimate of drug-likeness (QED) is 0.366. The molecule has 3 aromatic rings. The molecule has 0 saturated carbocycles. The molecule has 9 heteroatoms. The van der Waals surface area contributed by atoms with Crippen LogP contribution in [-0.2, 0) is 11.3 Å². The fraction of sp³-hybridized carbons (Fsp3) is 0.346. The monoisotopic (exact) mass is 481 g/mol. The van der Waals surface area contributed by atoms with Gasteiger partial charge >= 0.3 is 6.03 Å². The summed E-state index contributed by atoms with van der Waals surface area (Å²) < 4.78 is 13.5. The minimum absolute atomic E-state index is 0.108. The van der Waals surface area contributed by atoms with E-state index in [9.17, 15) is 19.1 Å². The molecule has 35 heavy (non-hydrogen) atoms. The van der Waals surface area contributed by atoms with Crippen LogP contribution in [0.25, 0.3) is 10.8 Å². The average Bonchev–Trinajstić information content (AvgIpc) is 2.79. The fourth-order valence-corrected chi connectivity index (χ4v) is 3.84. The molecule has 8 nitrogen and oxygen atoms in total. The molecule has 0 bridgehead atoms. The molecule has 2 aromatic carbocycles. The largest absolute Gasteiger partial charge is 0.508 e. The van der Waals surface area contributed by atoms with Crippen molar-refractivity contribution in [1.29, 1.82) is 0 Å². The number of amides is 3. The lowest BCUT2D eigenvalue weighted by Gasteiger charge is -2.33. The van der Waals surface area contributed by atoms with Crippen LogP contribution in [0.5, 0.6) is 5.75 Å². The summed E-state index contributed by atoms with van der Waals surface area (Å²) in [5.74, 6) is -0.192. The second kappa shape index (κ2) is 11.1. The van der Waals surface area contributed by atoms with Gasteiger partial charge < -0.3 is 26.4 Å². The van der Waals surface area contributed by atoms with Crippen molar-refractivity contribution in [3.05, 3.63) is 66.1 Å². The number of halogens is 1. The summed E-state index contributed by atoms with van der Waals surface area (Å²) >= 11 is 0. The molecule has 0 aliphatic carbocycles. The lowest BCUT2D eigenvalue weighted by molar-refractivity contribution is -0.116. The predicted octanol–water partition coefficient (Wildman–Crippen LogP) is 4.14. The molecule has 1 heterocycles. The number of carbonyl (C=O) groups excluding carboxylic acids is 2. The number of pyridine rings is 1. The number of nitrogens with two attached hydrogens (primary N) is 1. The summed E-state index contributed by atoms with van der Waals surface area (Å²) in [5, 5.41) is 16.9. The van der Waals surface area contributed by atoms with Gasteiger partial charge in [0.1, 0.15) is 17.4 Å². The Kier molecular flexibility index (Phi) is 8.24. The third-order valence-corrected chi connectivity index (χ3v) is 5.71. The molecule has 1 aromatic heterocycles. The van der Waals surface area contributed by atoms with Gasteiger partial charge in [0.05, 0.1) is 0 Å². The lowest BCUT2D eigenvalue weighted by atomic mass is 9.93. The van der Waals surface area contributed by atoms with Crippen LogP contribution < -0.4 is 16.4 Å². The maximum Gasteiger partial charge on any atom is 0.317 e. The van der Waals surface area contributed by atoms with Gasteiger partial charge in [0.2, 0.25) is 5.91 Å². The number of anilines is 1. The Morgan fingerprint density at radius 1 is 1.17 bits per heavy atom. The number of benzene rings is 2. The highest BCUT2D eigenvalue weighted by Gasteiger charge is 2.26. The van der Waals surface area contributed by atoms with Crippen molar-refractivity contribution in [1.82, 2.24) is 15.2 Å². The summed E-state index contributed by atoms with van der Waals surface area (Å²) in [6.07, 6.45) is 2.58. The number of aromatic nitrogens is 1. The van der Waals surface area contributed by atoms with Crippen LogP contribution in [0.15, 0.2) is 54.7 Å². The number of nitrogens with one attached hydrogen (secondary N) is 2. The third-order valence-electron chi connectivity index (χ3n) is 5.71. The van der Waals surface area contributed by atoms with E-state index in [1.165, 1.54) is 12.1 Å². The number of fused-ring (bicyclic) bond motifs is 1. The topological polar surface area (TPSA) is 121 Å². The van der Waals surface area contributed by atoms with Crippen LogP contribution in [0.4, 0.5) is 15.0 Å². The molecule has 1 atom stereocenters. The average molecular weight is 482 g/mol. The molecule has 0 fully saturated rings. The fourth-order valence-electron chi connectivity index (χ4n) is 3.84. The van der Waals surface area contributed by atoms with Gasteiger partial charge in [0, 0.05) is 48.7 Å². The summed E-state index contributed by atoms with van der Waals surface area (Å²) in [6.45, 7) is 3.90. The molecule has 186 valence electrons. The van der Waals surface area contributed by atoms with Crippen molar-refractivity contribution in [2.45, 2.75) is 51.2 Å². The van der Waals surface area contributed by atoms with Crippen molar-refractivity contribution >= 4 is 28.5 Å². The number of hydrogen-bond acceptors (Lipinski definition) is 5. The number of nitrogens with zero attached hydrogens (tertiary/aromatic N) is 2. The zero-order valence-corrected chi connectivity index (χ0v) is 20.2. The Bertz CT molecular complexity index is 1200. The van der Waals surface area contributed by atoms with E-state index < -0.39 is 5.54 Å². The van der Waals surface area contributed by atoms with Crippen molar-refractivity contribution in [2.24, 2.45) is 5.73 Å². The van der Waals surface area contributed by atoms with Crippen LogP contribution in [0.3, 0.4) is 0 Å². The van der Waals surface area contributed by atoms with E-state index >= 15 is 0 Å². The van der Waals surface area contributed by atoms with Crippen LogP contribution in [0.2, 0.25) is 0 Å². The Balaban J connectivity index is 1.61. The third kappa shape index (κ3) is 7.65. The molecule has 3 amide bonds. The molecule has 0 aliphatic rings. The molecule has 0 saturated heterocycles. The van der Waals surface area contributed by atoms with E-state index in [0.717, 1.165) is 5.39 Å². The van der Waals surface area contributed by atoms with Crippen molar-refractivity contribution in [2.75, 3.05) is 12.4 Å². The van der Waals surface area contributed by atoms with Gasteiger partial charge in [-0.3, -0.25) is 4.79 Å². The van der Waals surface area contributed by atoms with Gasteiger partial charge in [-0.15, -0.1) is 0 Å². The number of para-hydroxylation sites is 1. The lowest BCUT2D eigenvalue weighted by Crippen LogP contribution is -2.48. The zero-order valence-electron chi connectivity index (χ0n) is 20.2. The smallest absolute Gasteiger partial charge is 0.317 e. The van der Waals surface area contributed by atoms with Gasteiger partial charge in [-0.25, -0.2) is 14.2 Å². The SMILES string of the molecule is CN(C(=O)NCc1ccccc1O)C(CCC(=O)Nc1cc2cc(F)ccc2cn1)CC(C)(C)N. The number of phenolic OH excluding ortho intramolecular Hbond substituents is 1. The van der Waals surface area contributed by atoms with E-state index in [4.69, 9.17) is 5.73 Å². The van der Waals surface area contributed by atoms with Crippen molar-refractivity contribution in [3.63, 3.8) is 0 Å². The maximum atomic E-state index is 13.5. The van der Waals surface area contributed by atoms with E-state index in [-0.39, 0.29) is 42.5 Å². The number of phenols is 1. The molecular formula is C26H32FN5O3. The van der Waals surface area contributed by atoms with E-state index in [1.807, 2.05) is 13.8 Å². The Labute approximate surface area is 204 Å². The van der Waals surface area contributed by atoms with Crippen LogP contribution in [-0.4, -0.2) is 45.6 Å². The van der Waals surface area contributed by atoms with Gasteiger partial charge in [-0.1, -0.05) is 18.2 Å². The number of urea groups is 1. The second-order valence-corrected chi connectivity index (χ2v) is 9.39. The minimum Gasteiger partial charge on any atom is -0.508 e. The Morgan fingerprint density at radius 2 is 1.91 bits per heavy atom. The van der Waals surface area contributed by atoms with Crippen molar-refractivity contribution in [3.8, 4) is 5.75 Å². The highest BCUT2D eigenvalue weighted by Crippen LogP contribution is 2.21. The van der Waals surface area contributed by atoms with E-state index in [2.05, 4.69) is 15.6 Å². The molecule has 5 N–H and O–H groups in total. The number of carbonyl (C=O) groups is 2. The summed E-state index contributed by atoms with van der Waals surface area (Å²) in [5.41, 5.74) is 6.27. The first-order valence-corrected chi connectivity index (χ1v) is 11.4. The molecule has 0 spiro atoms. The van der Waals surface area contributed by atoms with Gasteiger partial charge in [0.25, 0.3) is 0 Å². The summed E-state index contributed by atoms with van der Waals surface area (Å²) in [4.78, 5) is 31.2. The Morgan fingerprint density at radius 3 is 2.63 bits per heavy atom. The first-order valence-electron chi connectivity index (χ1n) is 11.4. The molecule has 3 rings (SSSR count). The molecule has 0 radical (unpaired) electrons. The number of aromatic hydroxyl groups is 1. The van der Waals surface area contributed by atoms with Gasteiger partial charge in [-0.2, -0.15) is 0 Å². The normalized spacial score (nSPS) is 12.3. The molecular weight excluding hydrogens is 449 g/mol. The van der Waals surface area contributed by atoms with Crippen molar-refractivity contribution < 1.29 is 19.1 Å². The molecule has 1 unspecified atom stereocenters. The van der Waals surface area contributed by atoms with E-state index in [0.29, 0.717) is 29.6 Å². The Hall–Kier alpha value is -3.72. The summed E-state index contributed by atoms with van der Waals surface area (Å²) in [7, 11) is 1.66. The minimum atomic E-state index is -0.558.